The number of thioether (sulfide) groups is 1. The topological polar surface area (TPSA) is 89.9 Å². The van der Waals surface area contributed by atoms with E-state index < -0.39 is 25.7 Å². The normalized spacial score (nSPS) is 14.0. The van der Waals surface area contributed by atoms with Gasteiger partial charge in [-0.1, -0.05) is 0 Å². The first-order valence-electron chi connectivity index (χ1n) is 6.19. The van der Waals surface area contributed by atoms with Crippen molar-refractivity contribution >= 4 is 23.7 Å². The molecule has 21 heavy (non-hydrogen) atoms. The Balaban J connectivity index is 3.83. The van der Waals surface area contributed by atoms with Crippen LogP contribution in [-0.4, -0.2) is 48.4 Å². The molecule has 0 amide bonds. The Morgan fingerprint density at radius 3 is 2.57 bits per heavy atom. The van der Waals surface area contributed by atoms with E-state index in [-0.39, 0.29) is 29.6 Å². The van der Waals surface area contributed by atoms with Crippen LogP contribution in [0.1, 0.15) is 13.8 Å². The molecule has 125 valence electrons. The van der Waals surface area contributed by atoms with Crippen LogP contribution in [0, 0.1) is 5.92 Å². The summed E-state index contributed by atoms with van der Waals surface area (Å²) in [5, 5.41) is 9.59. The van der Waals surface area contributed by atoms with Gasteiger partial charge in [-0.3, -0.25) is 0 Å². The van der Waals surface area contributed by atoms with E-state index in [1.807, 2.05) is 0 Å². The van der Waals surface area contributed by atoms with Crippen molar-refractivity contribution in [3.05, 3.63) is 11.1 Å². The summed E-state index contributed by atoms with van der Waals surface area (Å²) in [5.41, 5.74) is 0. The molecule has 2 atom stereocenters. The van der Waals surface area contributed by atoms with Crippen molar-refractivity contribution in [3.63, 3.8) is 0 Å². The van der Waals surface area contributed by atoms with E-state index in [4.69, 9.17) is 4.74 Å². The quantitative estimate of drug-likeness (QED) is 0.585. The van der Waals surface area contributed by atoms with Gasteiger partial charge in [0.25, 0.3) is 0 Å². The number of hydrogen-bond donors (Lipinski definition) is 1. The molecular formula is C13H22CoO6S. The molecule has 0 fully saturated rings. The first-order chi connectivity index (χ1) is 9.77. The Morgan fingerprint density at radius 1 is 1.43 bits per heavy atom. The molecule has 0 aliphatic carbocycles. The summed E-state index contributed by atoms with van der Waals surface area (Å²) in [6.07, 6.45) is -0.966. The van der Waals surface area contributed by atoms with Gasteiger partial charge in [0.05, 0.1) is 0 Å². The third-order valence-corrected chi connectivity index (χ3v) is 5.27. The fraction of sp³-hybridized carbons (Fsp3) is 0.692. The standard InChI is InChI=1S/C10H17O5S.C3H5.Co.O/c1-7(10(13)14-3)5-16-6-9(12)15-4-8(2)11;1-3-2;;/h7-8,11H,2,4-6H2,1,3H3;1H2,2H3;;. The van der Waals surface area contributed by atoms with Crippen LogP contribution in [0.2, 0.25) is 5.36 Å². The molecule has 0 aromatic heterocycles. The monoisotopic (exact) mass is 365 g/mol. The van der Waals surface area contributed by atoms with Gasteiger partial charge in [0.2, 0.25) is 0 Å². The summed E-state index contributed by atoms with van der Waals surface area (Å²) in [4.78, 5) is 22.6. The molecule has 8 heteroatoms. The van der Waals surface area contributed by atoms with Crippen LogP contribution in [0.25, 0.3) is 0 Å². The number of rotatable bonds is 10. The Kier molecular flexibility index (Phi) is 10.6. The fourth-order valence-electron chi connectivity index (χ4n) is 1.12. The van der Waals surface area contributed by atoms with Gasteiger partial charge in [-0.2, -0.15) is 0 Å². The molecule has 0 aromatic rings. The van der Waals surface area contributed by atoms with Gasteiger partial charge in [0.1, 0.15) is 0 Å². The summed E-state index contributed by atoms with van der Waals surface area (Å²) < 4.78 is 21.4. The summed E-state index contributed by atoms with van der Waals surface area (Å²) in [6, 6.07) is 0. The zero-order valence-electron chi connectivity index (χ0n) is 12.4. The number of carbonyl (C=O) groups is 2. The van der Waals surface area contributed by atoms with Crippen LogP contribution < -0.4 is 0 Å². The van der Waals surface area contributed by atoms with E-state index in [1.54, 1.807) is 13.8 Å². The number of carbonyl (C=O) groups excluding carboxylic acids is 2. The van der Waals surface area contributed by atoms with Gasteiger partial charge in [-0.15, -0.1) is 0 Å². The molecule has 2 unspecified atom stereocenters. The number of ether oxygens (including phenoxy) is 2. The third kappa shape index (κ3) is 9.78. The Bertz CT molecular complexity index is 398. The van der Waals surface area contributed by atoms with Crippen molar-refractivity contribution in [3.8, 4) is 0 Å². The predicted molar refractivity (Wildman–Crippen MR) is 75.8 cm³/mol. The van der Waals surface area contributed by atoms with Crippen LogP contribution in [0.3, 0.4) is 0 Å². The number of aliphatic hydroxyl groups is 1. The van der Waals surface area contributed by atoms with Crippen LogP contribution in [0.5, 0.6) is 0 Å². The van der Waals surface area contributed by atoms with Crippen molar-refractivity contribution in [1.82, 2.24) is 0 Å². The molecule has 0 spiro atoms. The van der Waals surface area contributed by atoms with Gasteiger partial charge in [0, 0.05) is 0 Å². The van der Waals surface area contributed by atoms with Crippen molar-refractivity contribution < 1.29 is 41.6 Å². The van der Waals surface area contributed by atoms with Crippen LogP contribution in [-0.2, 0) is 36.5 Å². The molecule has 1 N–H and O–H groups in total. The minimum absolute atomic E-state index is 0.0299. The first-order valence-corrected chi connectivity index (χ1v) is 9.02. The van der Waals surface area contributed by atoms with Crippen LogP contribution >= 0.6 is 11.8 Å². The molecule has 0 saturated heterocycles. The van der Waals surface area contributed by atoms with Crippen LogP contribution in [0.15, 0.2) is 11.1 Å². The molecular weight excluding hydrogens is 343 g/mol. The second-order valence-electron chi connectivity index (χ2n) is 4.33. The average Bonchev–Trinajstić information content (AvgIpc) is 2.43. The third-order valence-electron chi connectivity index (χ3n) is 2.23. The summed E-state index contributed by atoms with van der Waals surface area (Å²) in [5.74, 6) is -0.569. The molecule has 0 bridgehead atoms. The van der Waals surface area contributed by atoms with Crippen LogP contribution in [0.4, 0.5) is 0 Å². The number of hydrogen-bond acceptors (Lipinski definition) is 7. The van der Waals surface area contributed by atoms with Gasteiger partial charge in [0.15, 0.2) is 0 Å². The Hall–Kier alpha value is -0.704. The second-order valence-corrected chi connectivity index (χ2v) is 7.56. The van der Waals surface area contributed by atoms with Gasteiger partial charge in [-0.05, 0) is 0 Å². The van der Waals surface area contributed by atoms with Gasteiger partial charge < -0.3 is 0 Å². The SMILES string of the molecule is C=[C](C)[Co](=[O])[CH2]C(O)COC(=O)CSCC(C)C(=O)OC. The Labute approximate surface area is 133 Å². The molecule has 0 aliphatic rings. The summed E-state index contributed by atoms with van der Waals surface area (Å²) in [7, 11) is 1.31. The van der Waals surface area contributed by atoms with E-state index in [1.165, 1.54) is 18.9 Å². The predicted octanol–water partition coefficient (Wildman–Crippen LogP) is 1.35. The average molecular weight is 365 g/mol. The summed E-state index contributed by atoms with van der Waals surface area (Å²) in [6.45, 7) is 6.67. The zero-order chi connectivity index (χ0) is 16.4. The van der Waals surface area contributed by atoms with E-state index in [0.29, 0.717) is 10.3 Å². The van der Waals surface area contributed by atoms with E-state index in [0.717, 1.165) is 0 Å². The molecule has 0 aromatic carbocycles. The molecule has 0 aliphatic heterocycles. The van der Waals surface area contributed by atoms with Crippen molar-refractivity contribution in [1.29, 1.82) is 0 Å². The van der Waals surface area contributed by atoms with Gasteiger partial charge in [-0.25, -0.2) is 0 Å². The van der Waals surface area contributed by atoms with E-state index in [2.05, 4.69) is 11.3 Å². The number of esters is 2. The first kappa shape index (κ1) is 20.3. The molecule has 0 radical (unpaired) electrons. The zero-order valence-corrected chi connectivity index (χ0v) is 14.3. The van der Waals surface area contributed by atoms with E-state index in [9.17, 15) is 18.6 Å². The van der Waals surface area contributed by atoms with E-state index >= 15 is 0 Å². The maximum absolute atomic E-state index is 11.4. The molecule has 0 rings (SSSR count). The maximum atomic E-state index is 11.4. The molecule has 6 nitrogen and oxygen atoms in total. The van der Waals surface area contributed by atoms with Gasteiger partial charge >= 0.3 is 133 Å². The number of aliphatic hydroxyl groups excluding tert-OH is 1. The molecule has 0 saturated carbocycles. The number of allylic oxidation sites excluding steroid dienone is 1. The molecule has 0 heterocycles. The minimum atomic E-state index is -1.66. The summed E-state index contributed by atoms with van der Waals surface area (Å²) >= 11 is -0.404. The van der Waals surface area contributed by atoms with Crippen molar-refractivity contribution in [2.75, 3.05) is 25.2 Å². The second kappa shape index (κ2) is 10.9. The number of methoxy groups -OCH3 is 1. The Morgan fingerprint density at radius 2 is 2.05 bits per heavy atom. The fourth-order valence-corrected chi connectivity index (χ4v) is 2.91. The van der Waals surface area contributed by atoms with Crippen molar-refractivity contribution in [2.24, 2.45) is 5.92 Å². The van der Waals surface area contributed by atoms with Crippen molar-refractivity contribution in [2.45, 2.75) is 25.3 Å².